The molecule has 1 aliphatic rings. The molecular weight excluding hydrogens is 406 g/mol. The van der Waals surface area contributed by atoms with E-state index in [2.05, 4.69) is 15.2 Å². The third-order valence-electron chi connectivity index (χ3n) is 5.05. The number of hydrogen-bond acceptors (Lipinski definition) is 5. The number of carbonyl (C=O) groups excluding carboxylic acids is 1. The maximum Gasteiger partial charge on any atom is 0.236 e. The third-order valence-corrected chi connectivity index (χ3v) is 6.15. The molecule has 0 spiro atoms. The van der Waals surface area contributed by atoms with E-state index in [9.17, 15) is 4.79 Å². The summed E-state index contributed by atoms with van der Waals surface area (Å²) in [7, 11) is 1.66. The molecule has 1 aliphatic heterocycles. The first-order valence-electron chi connectivity index (χ1n) is 9.89. The number of benzene rings is 1. The summed E-state index contributed by atoms with van der Waals surface area (Å²) in [6.45, 7) is 4.55. The van der Waals surface area contributed by atoms with E-state index in [1.807, 2.05) is 49.4 Å². The van der Waals surface area contributed by atoms with Gasteiger partial charge in [0.1, 0.15) is 5.75 Å². The minimum absolute atomic E-state index is 0. The molecule has 7 heteroatoms. The lowest BCUT2D eigenvalue weighted by Crippen LogP contribution is -2.44. The summed E-state index contributed by atoms with van der Waals surface area (Å²) < 4.78 is 5.22. The van der Waals surface area contributed by atoms with Crippen molar-refractivity contribution in [2.45, 2.75) is 48.9 Å². The predicted molar refractivity (Wildman–Crippen MR) is 121 cm³/mol. The van der Waals surface area contributed by atoms with Gasteiger partial charge in [0.25, 0.3) is 0 Å². The maximum atomic E-state index is 13.4. The monoisotopic (exact) mass is 435 g/mol. The Kier molecular flexibility index (Phi) is 9.78. The molecule has 1 aromatic heterocycles. The van der Waals surface area contributed by atoms with E-state index in [4.69, 9.17) is 4.74 Å². The molecule has 0 bridgehead atoms. The quantitative estimate of drug-likeness (QED) is 0.661. The summed E-state index contributed by atoms with van der Waals surface area (Å²) in [4.78, 5) is 21.0. The van der Waals surface area contributed by atoms with Gasteiger partial charge in [-0.25, -0.2) is 0 Å². The fraction of sp³-hybridized carbons (Fsp3) is 0.455. The Bertz CT molecular complexity index is 737. The zero-order valence-corrected chi connectivity index (χ0v) is 18.7. The number of rotatable bonds is 7. The van der Waals surface area contributed by atoms with Gasteiger partial charge in [-0.05, 0) is 75.7 Å². The zero-order chi connectivity index (χ0) is 19.8. The number of nitrogens with zero attached hydrogens (tertiary/aromatic N) is 2. The maximum absolute atomic E-state index is 13.4. The van der Waals surface area contributed by atoms with Crippen molar-refractivity contribution in [3.63, 3.8) is 0 Å². The topological polar surface area (TPSA) is 54.5 Å². The smallest absolute Gasteiger partial charge is 0.236 e. The Morgan fingerprint density at radius 1 is 1.24 bits per heavy atom. The van der Waals surface area contributed by atoms with Gasteiger partial charge in [-0.3, -0.25) is 9.78 Å². The van der Waals surface area contributed by atoms with Crippen LogP contribution in [0.1, 0.15) is 31.9 Å². The van der Waals surface area contributed by atoms with Gasteiger partial charge in [-0.1, -0.05) is 6.07 Å². The largest absolute Gasteiger partial charge is 0.497 e. The van der Waals surface area contributed by atoms with Crippen LogP contribution in [0.3, 0.4) is 0 Å². The third kappa shape index (κ3) is 6.91. The first-order valence-corrected chi connectivity index (χ1v) is 10.8. The van der Waals surface area contributed by atoms with Gasteiger partial charge >= 0.3 is 0 Å². The average molecular weight is 436 g/mol. The second-order valence-electron chi connectivity index (χ2n) is 7.06. The number of amides is 1. The fourth-order valence-corrected chi connectivity index (χ4v) is 4.45. The molecule has 1 saturated heterocycles. The van der Waals surface area contributed by atoms with Crippen LogP contribution in [0.4, 0.5) is 0 Å². The Balaban J connectivity index is 0.00000300. The van der Waals surface area contributed by atoms with Crippen molar-refractivity contribution in [2.75, 3.05) is 20.2 Å². The Hall–Kier alpha value is -1.76. The number of hydrogen-bond donors (Lipinski definition) is 1. The highest BCUT2D eigenvalue weighted by molar-refractivity contribution is 8.00. The summed E-state index contributed by atoms with van der Waals surface area (Å²) in [5, 5.41) is 3.29. The number of halogens is 1. The molecule has 1 fully saturated rings. The van der Waals surface area contributed by atoms with Gasteiger partial charge in [0.2, 0.25) is 5.91 Å². The van der Waals surface area contributed by atoms with Crippen LogP contribution in [0.25, 0.3) is 0 Å². The van der Waals surface area contributed by atoms with Crippen LogP contribution in [0.15, 0.2) is 53.6 Å². The number of nitrogens with one attached hydrogen (secondary N) is 1. The lowest BCUT2D eigenvalue weighted by Gasteiger charge is -2.33. The molecule has 2 atom stereocenters. The number of ether oxygens (including phenoxy) is 1. The van der Waals surface area contributed by atoms with Gasteiger partial charge in [-0.2, -0.15) is 0 Å². The molecule has 3 rings (SSSR count). The first kappa shape index (κ1) is 23.5. The van der Waals surface area contributed by atoms with E-state index in [0.717, 1.165) is 48.7 Å². The van der Waals surface area contributed by atoms with Gasteiger partial charge in [0.05, 0.1) is 24.6 Å². The molecule has 2 unspecified atom stereocenters. The Morgan fingerprint density at radius 2 is 2.03 bits per heavy atom. The van der Waals surface area contributed by atoms with Crippen LogP contribution >= 0.6 is 24.2 Å². The lowest BCUT2D eigenvalue weighted by molar-refractivity contribution is -0.133. The molecule has 1 N–H and O–H groups in total. The zero-order valence-electron chi connectivity index (χ0n) is 17.0. The summed E-state index contributed by atoms with van der Waals surface area (Å²) >= 11 is 1.60. The normalized spacial score (nSPS) is 17.5. The van der Waals surface area contributed by atoms with Crippen LogP contribution in [0.2, 0.25) is 0 Å². The van der Waals surface area contributed by atoms with E-state index in [1.54, 1.807) is 25.1 Å². The molecular formula is C22H30ClN3O2S. The van der Waals surface area contributed by atoms with Gasteiger partial charge in [0.15, 0.2) is 0 Å². The van der Waals surface area contributed by atoms with Crippen molar-refractivity contribution in [3.8, 4) is 5.75 Å². The van der Waals surface area contributed by atoms with Gasteiger partial charge in [0, 0.05) is 17.1 Å². The van der Waals surface area contributed by atoms with E-state index in [1.165, 1.54) is 0 Å². The minimum Gasteiger partial charge on any atom is -0.497 e. The van der Waals surface area contributed by atoms with E-state index in [-0.39, 0.29) is 29.6 Å². The van der Waals surface area contributed by atoms with Crippen LogP contribution in [-0.4, -0.2) is 47.3 Å². The molecule has 2 heterocycles. The minimum atomic E-state index is -0.159. The van der Waals surface area contributed by atoms with Crippen molar-refractivity contribution in [3.05, 3.63) is 54.4 Å². The number of carbonyl (C=O) groups is 1. The Labute approximate surface area is 184 Å². The van der Waals surface area contributed by atoms with Crippen molar-refractivity contribution in [1.29, 1.82) is 0 Å². The van der Waals surface area contributed by atoms with Crippen molar-refractivity contribution in [2.24, 2.45) is 0 Å². The number of thioether (sulfide) groups is 1. The highest BCUT2D eigenvalue weighted by Gasteiger charge is 2.29. The van der Waals surface area contributed by atoms with E-state index in [0.29, 0.717) is 6.54 Å². The summed E-state index contributed by atoms with van der Waals surface area (Å²) in [5.41, 5.74) is 0.940. The second-order valence-corrected chi connectivity index (χ2v) is 8.47. The first-order chi connectivity index (χ1) is 13.7. The lowest BCUT2D eigenvalue weighted by atomic mass is 10.1. The number of pyridine rings is 1. The molecule has 0 aliphatic carbocycles. The summed E-state index contributed by atoms with van der Waals surface area (Å²) in [5.74, 6) is 1.00. The van der Waals surface area contributed by atoms with Crippen LogP contribution in [-0.2, 0) is 11.3 Å². The summed E-state index contributed by atoms with van der Waals surface area (Å²) in [6.07, 6.45) is 4.91. The molecule has 0 saturated carbocycles. The van der Waals surface area contributed by atoms with Crippen molar-refractivity contribution >= 4 is 30.1 Å². The van der Waals surface area contributed by atoms with E-state index >= 15 is 0 Å². The van der Waals surface area contributed by atoms with Crippen molar-refractivity contribution in [1.82, 2.24) is 15.2 Å². The Morgan fingerprint density at radius 3 is 2.72 bits per heavy atom. The SMILES string of the molecule is COc1ccc(SC(C)C(=O)N(Cc2ccccn2)C2CCCNCC2)cc1.Cl. The van der Waals surface area contributed by atoms with Gasteiger partial charge < -0.3 is 15.0 Å². The molecule has 1 aromatic carbocycles. The molecule has 5 nitrogen and oxygen atoms in total. The second kappa shape index (κ2) is 12.1. The van der Waals surface area contributed by atoms with E-state index < -0.39 is 0 Å². The molecule has 0 radical (unpaired) electrons. The summed E-state index contributed by atoms with van der Waals surface area (Å²) in [6, 6.07) is 14.0. The van der Waals surface area contributed by atoms with Crippen LogP contribution < -0.4 is 10.1 Å². The predicted octanol–water partition coefficient (Wildman–Crippen LogP) is 4.16. The number of aromatic nitrogens is 1. The molecule has 2 aromatic rings. The van der Waals surface area contributed by atoms with Crippen molar-refractivity contribution < 1.29 is 9.53 Å². The number of methoxy groups -OCH3 is 1. The fourth-order valence-electron chi connectivity index (χ4n) is 3.51. The molecule has 158 valence electrons. The van der Waals surface area contributed by atoms with Gasteiger partial charge in [-0.15, -0.1) is 24.2 Å². The molecule has 29 heavy (non-hydrogen) atoms. The highest BCUT2D eigenvalue weighted by atomic mass is 35.5. The van der Waals surface area contributed by atoms with Crippen LogP contribution in [0, 0.1) is 0 Å². The average Bonchev–Trinajstić information content (AvgIpc) is 3.02. The standard InChI is InChI=1S/C22H29N3O2S.ClH/c1-17(28-21-10-8-20(27-2)9-11-21)22(26)25(16-18-6-3-4-14-24-18)19-7-5-13-23-15-12-19;/h3-4,6,8-11,14,17,19,23H,5,7,12-13,15-16H2,1-2H3;1H. The van der Waals surface area contributed by atoms with Crippen LogP contribution in [0.5, 0.6) is 5.75 Å². The highest BCUT2D eigenvalue weighted by Crippen LogP contribution is 2.28. The molecule has 1 amide bonds.